The van der Waals surface area contributed by atoms with E-state index in [0.29, 0.717) is 5.82 Å². The molecule has 0 bridgehead atoms. The number of phenolic OH excluding ortho intramolecular Hbond substituents is 1. The smallest absolute Gasteiger partial charge is 0.159 e. The Labute approximate surface area is 174 Å². The highest BCUT2D eigenvalue weighted by atomic mass is 16.3. The van der Waals surface area contributed by atoms with Crippen molar-refractivity contribution < 1.29 is 5.11 Å². The van der Waals surface area contributed by atoms with Crippen molar-refractivity contribution in [3.8, 4) is 28.3 Å². The van der Waals surface area contributed by atoms with Crippen LogP contribution in [0.3, 0.4) is 0 Å². The fourth-order valence-corrected chi connectivity index (χ4v) is 3.56. The molecule has 0 fully saturated rings. The third kappa shape index (κ3) is 6.70. The van der Waals surface area contributed by atoms with E-state index in [4.69, 9.17) is 0 Å². The van der Waals surface area contributed by atoms with Gasteiger partial charge < -0.3 is 5.11 Å². The maximum atomic E-state index is 9.40. The zero-order valence-corrected chi connectivity index (χ0v) is 17.5. The van der Waals surface area contributed by atoms with Gasteiger partial charge >= 0.3 is 0 Å². The molecular formula is C26H32N2O. The highest BCUT2D eigenvalue weighted by Gasteiger charge is 2.04. The van der Waals surface area contributed by atoms with Gasteiger partial charge in [-0.25, -0.2) is 9.97 Å². The summed E-state index contributed by atoms with van der Waals surface area (Å²) in [6.45, 7) is 2.27. The second-order valence-corrected chi connectivity index (χ2v) is 7.76. The van der Waals surface area contributed by atoms with Gasteiger partial charge in [0.2, 0.25) is 0 Å². The number of nitrogens with zero attached hydrogens (tertiary/aromatic N) is 2. The zero-order chi connectivity index (χ0) is 20.3. The predicted molar refractivity (Wildman–Crippen MR) is 121 cm³/mol. The molecule has 0 aliphatic rings. The minimum atomic E-state index is 0.248. The zero-order valence-electron chi connectivity index (χ0n) is 17.5. The molecule has 1 N–H and O–H groups in total. The molecular weight excluding hydrogens is 356 g/mol. The van der Waals surface area contributed by atoms with Crippen molar-refractivity contribution in [2.45, 2.75) is 64.7 Å². The average Bonchev–Trinajstić information content (AvgIpc) is 2.77. The van der Waals surface area contributed by atoms with Crippen LogP contribution >= 0.6 is 0 Å². The first-order valence-corrected chi connectivity index (χ1v) is 11.0. The highest BCUT2D eigenvalue weighted by molar-refractivity contribution is 5.64. The van der Waals surface area contributed by atoms with Gasteiger partial charge in [0.25, 0.3) is 0 Å². The van der Waals surface area contributed by atoms with Crippen LogP contribution in [0.5, 0.6) is 5.75 Å². The molecule has 0 unspecified atom stereocenters. The van der Waals surface area contributed by atoms with Crippen molar-refractivity contribution in [3.05, 3.63) is 66.5 Å². The molecule has 0 saturated heterocycles. The van der Waals surface area contributed by atoms with Crippen LogP contribution in [-0.4, -0.2) is 15.1 Å². The minimum absolute atomic E-state index is 0.248. The summed E-state index contributed by atoms with van der Waals surface area (Å²) < 4.78 is 0. The Kier molecular flexibility index (Phi) is 8.24. The van der Waals surface area contributed by atoms with Gasteiger partial charge in [-0.3, -0.25) is 0 Å². The van der Waals surface area contributed by atoms with Gasteiger partial charge in [0.05, 0.1) is 0 Å². The molecule has 152 valence electrons. The van der Waals surface area contributed by atoms with Gasteiger partial charge in [-0.15, -0.1) is 0 Å². The van der Waals surface area contributed by atoms with Crippen molar-refractivity contribution >= 4 is 0 Å². The van der Waals surface area contributed by atoms with E-state index in [9.17, 15) is 5.11 Å². The van der Waals surface area contributed by atoms with Crippen LogP contribution in [0.1, 0.15) is 63.9 Å². The van der Waals surface area contributed by atoms with Crippen LogP contribution in [-0.2, 0) is 6.42 Å². The van der Waals surface area contributed by atoms with Gasteiger partial charge in [0, 0.05) is 23.5 Å². The van der Waals surface area contributed by atoms with E-state index in [0.717, 1.165) is 23.1 Å². The number of hydrogen-bond acceptors (Lipinski definition) is 3. The molecule has 0 aliphatic heterocycles. The van der Waals surface area contributed by atoms with E-state index in [1.807, 2.05) is 24.5 Å². The summed E-state index contributed by atoms with van der Waals surface area (Å²) in [7, 11) is 0. The van der Waals surface area contributed by atoms with Crippen molar-refractivity contribution in [1.29, 1.82) is 0 Å². The number of benzene rings is 2. The third-order valence-corrected chi connectivity index (χ3v) is 5.38. The molecule has 29 heavy (non-hydrogen) atoms. The van der Waals surface area contributed by atoms with E-state index in [1.54, 1.807) is 12.1 Å². The Morgan fingerprint density at radius 3 is 1.79 bits per heavy atom. The predicted octanol–water partition coefficient (Wildman–Crippen LogP) is 7.20. The van der Waals surface area contributed by atoms with Crippen LogP contribution in [0.2, 0.25) is 0 Å². The molecule has 0 aliphatic carbocycles. The van der Waals surface area contributed by atoms with E-state index in [2.05, 4.69) is 41.2 Å². The van der Waals surface area contributed by atoms with Crippen LogP contribution in [0.25, 0.3) is 22.5 Å². The summed E-state index contributed by atoms with van der Waals surface area (Å²) in [6, 6.07) is 15.7. The molecule has 0 saturated carbocycles. The number of unbranched alkanes of at least 4 members (excludes halogenated alkanes) is 7. The van der Waals surface area contributed by atoms with E-state index < -0.39 is 0 Å². The lowest BCUT2D eigenvalue weighted by molar-refractivity contribution is 0.475. The molecule has 0 spiro atoms. The lowest BCUT2D eigenvalue weighted by Crippen LogP contribution is -1.90. The normalized spacial score (nSPS) is 10.9. The second-order valence-electron chi connectivity index (χ2n) is 7.76. The average molecular weight is 389 g/mol. The van der Waals surface area contributed by atoms with E-state index in [1.165, 1.54) is 56.9 Å². The Bertz CT molecular complexity index is 839. The minimum Gasteiger partial charge on any atom is -0.508 e. The van der Waals surface area contributed by atoms with E-state index in [-0.39, 0.29) is 5.75 Å². The molecule has 3 heteroatoms. The number of aromatic hydroxyl groups is 1. The first-order chi connectivity index (χ1) is 14.3. The summed E-state index contributed by atoms with van der Waals surface area (Å²) in [5, 5.41) is 9.40. The molecule has 1 aromatic heterocycles. The maximum absolute atomic E-state index is 9.40. The summed E-state index contributed by atoms with van der Waals surface area (Å²) >= 11 is 0. The molecule has 0 amide bonds. The highest BCUT2D eigenvalue weighted by Crippen LogP contribution is 2.22. The number of hydrogen-bond donors (Lipinski definition) is 1. The summed E-state index contributed by atoms with van der Waals surface area (Å²) in [6.07, 6.45) is 15.8. The SMILES string of the molecule is CCCCCCCCCCc1ccc(-c2cnc(-c3ccc(O)cc3)nc2)cc1. The maximum Gasteiger partial charge on any atom is 0.159 e. The first-order valence-electron chi connectivity index (χ1n) is 11.0. The summed E-state index contributed by atoms with van der Waals surface area (Å²) in [5.74, 6) is 0.914. The van der Waals surface area contributed by atoms with Crippen molar-refractivity contribution in [2.24, 2.45) is 0 Å². The van der Waals surface area contributed by atoms with Crippen molar-refractivity contribution in [2.75, 3.05) is 0 Å². The summed E-state index contributed by atoms with van der Waals surface area (Å²) in [4.78, 5) is 8.96. The topological polar surface area (TPSA) is 46.0 Å². The van der Waals surface area contributed by atoms with Gasteiger partial charge in [-0.1, -0.05) is 76.1 Å². The lowest BCUT2D eigenvalue weighted by Gasteiger charge is -2.06. The van der Waals surface area contributed by atoms with Crippen molar-refractivity contribution in [3.63, 3.8) is 0 Å². The van der Waals surface area contributed by atoms with Crippen LogP contribution in [0, 0.1) is 0 Å². The monoisotopic (exact) mass is 388 g/mol. The lowest BCUT2D eigenvalue weighted by atomic mass is 10.0. The Balaban J connectivity index is 1.46. The van der Waals surface area contributed by atoms with Crippen LogP contribution in [0.15, 0.2) is 60.9 Å². The molecule has 1 heterocycles. The number of aryl methyl sites for hydroxylation is 1. The molecule has 3 rings (SSSR count). The van der Waals surface area contributed by atoms with Gasteiger partial charge in [0.15, 0.2) is 5.82 Å². The quantitative estimate of drug-likeness (QED) is 0.353. The third-order valence-electron chi connectivity index (χ3n) is 5.38. The first kappa shape index (κ1) is 21.0. The van der Waals surface area contributed by atoms with Gasteiger partial charge in [-0.05, 0) is 48.2 Å². The molecule has 0 atom stereocenters. The number of phenols is 1. The molecule has 0 radical (unpaired) electrons. The molecule has 2 aromatic carbocycles. The fraction of sp³-hybridized carbons (Fsp3) is 0.385. The Morgan fingerprint density at radius 1 is 0.621 bits per heavy atom. The molecule has 3 aromatic rings. The second kappa shape index (κ2) is 11.4. The van der Waals surface area contributed by atoms with Gasteiger partial charge in [-0.2, -0.15) is 0 Å². The number of rotatable bonds is 11. The van der Waals surface area contributed by atoms with Crippen LogP contribution in [0.4, 0.5) is 0 Å². The Morgan fingerprint density at radius 2 is 1.17 bits per heavy atom. The molecule has 3 nitrogen and oxygen atoms in total. The van der Waals surface area contributed by atoms with Gasteiger partial charge in [0.1, 0.15) is 5.75 Å². The number of aromatic nitrogens is 2. The van der Waals surface area contributed by atoms with E-state index >= 15 is 0 Å². The Hall–Kier alpha value is -2.68. The largest absolute Gasteiger partial charge is 0.508 e. The van der Waals surface area contributed by atoms with Crippen LogP contribution < -0.4 is 0 Å². The fourth-order valence-electron chi connectivity index (χ4n) is 3.56. The summed E-state index contributed by atoms with van der Waals surface area (Å²) in [5.41, 5.74) is 4.46. The van der Waals surface area contributed by atoms with Crippen molar-refractivity contribution in [1.82, 2.24) is 9.97 Å². The standard InChI is InChI=1S/C26H32N2O/c1-2-3-4-5-6-7-8-9-10-21-11-13-22(14-12-21)24-19-27-26(28-20-24)23-15-17-25(29)18-16-23/h11-20,29H,2-10H2,1H3.